The van der Waals surface area contributed by atoms with Crippen molar-refractivity contribution in [3.63, 3.8) is 0 Å². The third kappa shape index (κ3) is 6.33. The van der Waals surface area contributed by atoms with Crippen LogP contribution in [0.4, 0.5) is 0 Å². The number of aryl methyl sites for hydroxylation is 2. The Morgan fingerprint density at radius 2 is 1.90 bits per heavy atom. The van der Waals surface area contributed by atoms with Crippen molar-refractivity contribution in [2.75, 3.05) is 41.4 Å². The summed E-state index contributed by atoms with van der Waals surface area (Å²) < 4.78 is 10.8. The third-order valence-corrected chi connectivity index (χ3v) is 5.66. The molecule has 0 bridgehead atoms. The van der Waals surface area contributed by atoms with Gasteiger partial charge in [-0.3, -0.25) is 0 Å². The van der Waals surface area contributed by atoms with Gasteiger partial charge in [0.15, 0.2) is 17.5 Å². The van der Waals surface area contributed by atoms with E-state index in [9.17, 15) is 0 Å². The summed E-state index contributed by atoms with van der Waals surface area (Å²) in [5.41, 5.74) is 2.20. The van der Waals surface area contributed by atoms with Crippen LogP contribution in [0.5, 0.6) is 11.5 Å². The molecule has 29 heavy (non-hydrogen) atoms. The van der Waals surface area contributed by atoms with E-state index in [1.165, 1.54) is 4.88 Å². The molecule has 1 unspecified atom stereocenters. The van der Waals surface area contributed by atoms with E-state index in [2.05, 4.69) is 47.6 Å². The van der Waals surface area contributed by atoms with Crippen LogP contribution in [0.25, 0.3) is 0 Å². The molecule has 0 saturated carbocycles. The van der Waals surface area contributed by atoms with E-state index < -0.39 is 0 Å². The lowest BCUT2D eigenvalue weighted by Gasteiger charge is -2.26. The lowest BCUT2D eigenvalue weighted by molar-refractivity contribution is 0.295. The van der Waals surface area contributed by atoms with Crippen molar-refractivity contribution >= 4 is 17.3 Å². The minimum atomic E-state index is 0.144. The molecule has 2 rings (SSSR count). The molecule has 1 aromatic heterocycles. The standard InChI is InChI=1S/C21H33N5O2S/c1-8-22-21(24-13-20-14(2)25-15(3)29-20)23-12-17(26(4)5)16-9-10-18(27-6)19(11-16)28-7/h9-11,17H,8,12-13H2,1-7H3,(H2,22,23,24). The summed E-state index contributed by atoms with van der Waals surface area (Å²) in [5, 5.41) is 7.87. The molecule has 0 aliphatic rings. The second-order valence-corrected chi connectivity index (χ2v) is 8.20. The second kappa shape index (κ2) is 11.0. The Labute approximate surface area is 178 Å². The van der Waals surface area contributed by atoms with Gasteiger partial charge in [0.25, 0.3) is 0 Å². The Hall–Kier alpha value is -2.32. The Kier molecular flexibility index (Phi) is 8.72. The molecular formula is C21H33N5O2S. The van der Waals surface area contributed by atoms with Gasteiger partial charge in [0.2, 0.25) is 0 Å². The molecule has 1 aromatic carbocycles. The van der Waals surface area contributed by atoms with Gasteiger partial charge in [0.05, 0.1) is 37.5 Å². The number of rotatable bonds is 9. The number of aromatic nitrogens is 1. The predicted molar refractivity (Wildman–Crippen MR) is 120 cm³/mol. The number of hydrogen-bond donors (Lipinski definition) is 2. The van der Waals surface area contributed by atoms with Crippen LogP contribution in [0.3, 0.4) is 0 Å². The number of benzene rings is 1. The maximum atomic E-state index is 5.47. The van der Waals surface area contributed by atoms with Gasteiger partial charge in [-0.05, 0) is 52.6 Å². The molecule has 0 spiro atoms. The maximum absolute atomic E-state index is 5.47. The van der Waals surface area contributed by atoms with E-state index in [0.717, 1.165) is 40.3 Å². The predicted octanol–water partition coefficient (Wildman–Crippen LogP) is 3.14. The summed E-state index contributed by atoms with van der Waals surface area (Å²) in [4.78, 5) is 12.6. The summed E-state index contributed by atoms with van der Waals surface area (Å²) in [6, 6.07) is 6.18. The Bertz CT molecular complexity index is 819. The first-order valence-electron chi connectivity index (χ1n) is 9.73. The number of ether oxygens (including phenoxy) is 2. The molecule has 0 fully saturated rings. The molecule has 8 heteroatoms. The van der Waals surface area contributed by atoms with E-state index in [4.69, 9.17) is 14.5 Å². The number of methoxy groups -OCH3 is 2. The summed E-state index contributed by atoms with van der Waals surface area (Å²) in [6.07, 6.45) is 0. The van der Waals surface area contributed by atoms with Gasteiger partial charge in [-0.1, -0.05) is 6.07 Å². The molecule has 0 saturated heterocycles. The number of guanidine groups is 1. The molecule has 0 amide bonds. The first-order valence-corrected chi connectivity index (χ1v) is 10.5. The fourth-order valence-electron chi connectivity index (χ4n) is 3.06. The number of likely N-dealkylation sites (N-methyl/N-ethyl adjacent to an activating group) is 1. The molecule has 1 atom stereocenters. The van der Waals surface area contributed by atoms with E-state index >= 15 is 0 Å². The number of aliphatic imine (C=N–C) groups is 1. The topological polar surface area (TPSA) is 71.0 Å². The van der Waals surface area contributed by atoms with E-state index in [1.807, 2.05) is 26.0 Å². The van der Waals surface area contributed by atoms with Crippen molar-refractivity contribution < 1.29 is 9.47 Å². The zero-order valence-electron chi connectivity index (χ0n) is 18.5. The summed E-state index contributed by atoms with van der Waals surface area (Å²) >= 11 is 1.70. The number of nitrogens with zero attached hydrogens (tertiary/aromatic N) is 3. The van der Waals surface area contributed by atoms with Gasteiger partial charge in [-0.25, -0.2) is 9.98 Å². The van der Waals surface area contributed by atoms with E-state index in [0.29, 0.717) is 13.1 Å². The second-order valence-electron chi connectivity index (χ2n) is 6.91. The molecule has 2 aromatic rings. The van der Waals surface area contributed by atoms with Crippen molar-refractivity contribution in [1.82, 2.24) is 20.5 Å². The van der Waals surface area contributed by atoms with Crippen LogP contribution in [0.1, 0.15) is 34.1 Å². The Morgan fingerprint density at radius 3 is 2.45 bits per heavy atom. The number of hydrogen-bond acceptors (Lipinski definition) is 6. The zero-order chi connectivity index (χ0) is 21.4. The highest BCUT2D eigenvalue weighted by Crippen LogP contribution is 2.31. The lowest BCUT2D eigenvalue weighted by atomic mass is 10.1. The van der Waals surface area contributed by atoms with Crippen LogP contribution in [-0.4, -0.2) is 57.2 Å². The Balaban J connectivity index is 2.14. The van der Waals surface area contributed by atoms with Gasteiger partial charge >= 0.3 is 0 Å². The average molecular weight is 420 g/mol. The van der Waals surface area contributed by atoms with Crippen LogP contribution in [-0.2, 0) is 6.54 Å². The van der Waals surface area contributed by atoms with Crippen molar-refractivity contribution in [1.29, 1.82) is 0 Å². The highest BCUT2D eigenvalue weighted by molar-refractivity contribution is 7.11. The van der Waals surface area contributed by atoms with E-state index in [1.54, 1.807) is 25.6 Å². The molecule has 1 heterocycles. The zero-order valence-corrected chi connectivity index (χ0v) is 19.3. The van der Waals surface area contributed by atoms with Gasteiger partial charge in [0.1, 0.15) is 0 Å². The van der Waals surface area contributed by atoms with Crippen molar-refractivity contribution in [3.05, 3.63) is 39.3 Å². The van der Waals surface area contributed by atoms with Crippen molar-refractivity contribution in [2.24, 2.45) is 4.99 Å². The molecule has 2 N–H and O–H groups in total. The first-order chi connectivity index (χ1) is 13.9. The summed E-state index contributed by atoms with van der Waals surface area (Å²) in [7, 11) is 7.44. The van der Waals surface area contributed by atoms with Gasteiger partial charge in [-0.15, -0.1) is 11.3 Å². The van der Waals surface area contributed by atoms with Crippen LogP contribution < -0.4 is 20.1 Å². The molecule has 0 radical (unpaired) electrons. The highest BCUT2D eigenvalue weighted by atomic mass is 32.1. The van der Waals surface area contributed by atoms with Crippen molar-refractivity contribution in [3.8, 4) is 11.5 Å². The average Bonchev–Trinajstić information content (AvgIpc) is 3.02. The molecule has 0 aliphatic carbocycles. The number of nitrogens with one attached hydrogen (secondary N) is 2. The maximum Gasteiger partial charge on any atom is 0.191 e. The van der Waals surface area contributed by atoms with Gasteiger partial charge in [-0.2, -0.15) is 0 Å². The first kappa shape index (κ1) is 23.0. The smallest absolute Gasteiger partial charge is 0.191 e. The van der Waals surface area contributed by atoms with Gasteiger partial charge in [0, 0.05) is 18.0 Å². The van der Waals surface area contributed by atoms with Crippen molar-refractivity contribution in [2.45, 2.75) is 33.4 Å². The monoisotopic (exact) mass is 419 g/mol. The molecule has 7 nitrogen and oxygen atoms in total. The molecular weight excluding hydrogens is 386 g/mol. The molecule has 160 valence electrons. The van der Waals surface area contributed by atoms with Crippen LogP contribution in [0, 0.1) is 13.8 Å². The number of thiazole rings is 1. The molecule has 0 aliphatic heterocycles. The fourth-order valence-corrected chi connectivity index (χ4v) is 3.93. The largest absolute Gasteiger partial charge is 0.493 e. The Morgan fingerprint density at radius 1 is 1.17 bits per heavy atom. The SMILES string of the molecule is CCNC(=NCc1sc(C)nc1C)NCC(c1ccc(OC)c(OC)c1)N(C)C. The summed E-state index contributed by atoms with van der Waals surface area (Å²) in [6.45, 7) is 8.25. The normalized spacial score (nSPS) is 12.8. The van der Waals surface area contributed by atoms with E-state index in [-0.39, 0.29) is 6.04 Å². The van der Waals surface area contributed by atoms with Crippen LogP contribution in [0.2, 0.25) is 0 Å². The van der Waals surface area contributed by atoms with Crippen LogP contribution >= 0.6 is 11.3 Å². The highest BCUT2D eigenvalue weighted by Gasteiger charge is 2.17. The summed E-state index contributed by atoms with van der Waals surface area (Å²) in [5.74, 6) is 2.26. The third-order valence-electron chi connectivity index (χ3n) is 4.60. The van der Waals surface area contributed by atoms with Gasteiger partial charge < -0.3 is 25.0 Å². The minimum Gasteiger partial charge on any atom is -0.493 e. The lowest BCUT2D eigenvalue weighted by Crippen LogP contribution is -2.41. The fraction of sp³-hybridized carbons (Fsp3) is 0.524. The quantitative estimate of drug-likeness (QED) is 0.481. The minimum absolute atomic E-state index is 0.144. The van der Waals surface area contributed by atoms with Crippen LogP contribution in [0.15, 0.2) is 23.2 Å².